The van der Waals surface area contributed by atoms with Crippen LogP contribution in [0.5, 0.6) is 11.5 Å². The number of carbonyl (C=O) groups excluding carboxylic acids is 2. The number of carboxylic acids is 1. The Kier molecular flexibility index (Phi) is 5.04. The molecule has 1 aromatic carbocycles. The van der Waals surface area contributed by atoms with E-state index < -0.39 is 12.6 Å². The molecule has 1 aromatic rings. The number of rotatable bonds is 6. The Morgan fingerprint density at radius 2 is 1.86 bits per heavy atom. The number of fused-ring (bicyclic) bond motifs is 1. The average molecular weight is 419 g/mol. The van der Waals surface area contributed by atoms with Gasteiger partial charge in [0.25, 0.3) is 11.8 Å². The summed E-state index contributed by atoms with van der Waals surface area (Å²) in [5.74, 6) is -1.83. The van der Waals surface area contributed by atoms with Crippen LogP contribution >= 0.6 is 11.6 Å². The van der Waals surface area contributed by atoms with Crippen LogP contribution in [0.2, 0.25) is 5.02 Å². The van der Waals surface area contributed by atoms with Gasteiger partial charge in [-0.1, -0.05) is 23.8 Å². The number of hydrogen-bond donors (Lipinski definition) is 1. The predicted octanol–water partition coefficient (Wildman–Crippen LogP) is 2.34. The highest BCUT2D eigenvalue weighted by Crippen LogP contribution is 2.49. The number of benzene rings is 1. The largest absolute Gasteiger partial charge is 0.493 e. The molecule has 4 atom stereocenters. The molecule has 2 fully saturated rings. The van der Waals surface area contributed by atoms with E-state index in [1.165, 1.54) is 25.5 Å². The lowest BCUT2D eigenvalue weighted by Crippen LogP contribution is -2.38. The van der Waals surface area contributed by atoms with E-state index >= 15 is 0 Å². The van der Waals surface area contributed by atoms with Crippen molar-refractivity contribution in [3.8, 4) is 11.5 Å². The summed E-state index contributed by atoms with van der Waals surface area (Å²) in [7, 11) is 1.39. The average Bonchev–Trinajstić information content (AvgIpc) is 2.98. The summed E-state index contributed by atoms with van der Waals surface area (Å²) in [5.41, 5.74) is 0.478. The minimum Gasteiger partial charge on any atom is -0.493 e. The number of allylic oxidation sites excluding steroid dienone is 2. The number of aliphatic carboxylic acids is 1. The van der Waals surface area contributed by atoms with Crippen LogP contribution in [0.15, 0.2) is 29.4 Å². The molecule has 1 saturated heterocycles. The molecule has 152 valence electrons. The monoisotopic (exact) mass is 418 g/mol. The number of halogens is 1. The van der Waals surface area contributed by atoms with E-state index in [2.05, 4.69) is 5.10 Å². The Hall–Kier alpha value is -2.87. The molecule has 3 aliphatic carbocycles. The first-order valence-electron chi connectivity index (χ1n) is 9.23. The van der Waals surface area contributed by atoms with Gasteiger partial charge >= 0.3 is 5.97 Å². The molecule has 1 saturated carbocycles. The third-order valence-electron chi connectivity index (χ3n) is 5.65. The normalized spacial score (nSPS) is 27.6. The van der Waals surface area contributed by atoms with Crippen LogP contribution < -0.4 is 9.47 Å². The molecule has 1 aliphatic heterocycles. The van der Waals surface area contributed by atoms with E-state index in [0.29, 0.717) is 5.56 Å². The van der Waals surface area contributed by atoms with Crippen LogP contribution in [0.25, 0.3) is 0 Å². The number of methoxy groups -OCH3 is 1. The van der Waals surface area contributed by atoms with Crippen molar-refractivity contribution in [2.24, 2.45) is 28.8 Å². The maximum atomic E-state index is 12.8. The van der Waals surface area contributed by atoms with Crippen molar-refractivity contribution in [1.29, 1.82) is 0 Å². The van der Waals surface area contributed by atoms with Gasteiger partial charge in [-0.05, 0) is 42.4 Å². The molecule has 2 bridgehead atoms. The van der Waals surface area contributed by atoms with Crippen LogP contribution in [0, 0.1) is 23.7 Å². The Morgan fingerprint density at radius 1 is 1.24 bits per heavy atom. The third kappa shape index (κ3) is 3.37. The molecule has 1 N–H and O–H groups in total. The van der Waals surface area contributed by atoms with Crippen molar-refractivity contribution < 1.29 is 29.0 Å². The second-order valence-electron chi connectivity index (χ2n) is 7.29. The summed E-state index contributed by atoms with van der Waals surface area (Å²) in [5, 5.41) is 14.0. The van der Waals surface area contributed by atoms with Crippen molar-refractivity contribution >= 4 is 35.6 Å². The fraction of sp³-hybridized carbons (Fsp3) is 0.400. The van der Waals surface area contributed by atoms with Crippen LogP contribution in [0.1, 0.15) is 18.4 Å². The first-order valence-corrected chi connectivity index (χ1v) is 9.60. The maximum absolute atomic E-state index is 12.8. The maximum Gasteiger partial charge on any atom is 0.341 e. The molecule has 0 spiro atoms. The molecule has 1 heterocycles. The molecule has 2 amide bonds. The lowest BCUT2D eigenvalue weighted by Gasteiger charge is -2.37. The summed E-state index contributed by atoms with van der Waals surface area (Å²) in [6.45, 7) is -0.570. The minimum atomic E-state index is -1.15. The highest BCUT2D eigenvalue weighted by atomic mass is 35.5. The Labute approximate surface area is 171 Å². The van der Waals surface area contributed by atoms with Gasteiger partial charge in [0, 0.05) is 0 Å². The molecule has 0 radical (unpaired) electrons. The van der Waals surface area contributed by atoms with Gasteiger partial charge in [0.1, 0.15) is 0 Å². The zero-order valence-electron chi connectivity index (χ0n) is 15.6. The van der Waals surface area contributed by atoms with Gasteiger partial charge in [-0.2, -0.15) is 10.1 Å². The van der Waals surface area contributed by atoms with Crippen LogP contribution in [0.3, 0.4) is 0 Å². The highest BCUT2D eigenvalue weighted by Gasteiger charge is 2.56. The van der Waals surface area contributed by atoms with Gasteiger partial charge in [-0.3, -0.25) is 9.59 Å². The van der Waals surface area contributed by atoms with E-state index in [0.717, 1.165) is 17.9 Å². The number of carbonyl (C=O) groups is 3. The zero-order valence-corrected chi connectivity index (χ0v) is 16.3. The molecule has 5 rings (SSSR count). The van der Waals surface area contributed by atoms with Gasteiger partial charge in [0.05, 0.1) is 30.2 Å². The smallest absolute Gasteiger partial charge is 0.341 e. The van der Waals surface area contributed by atoms with Crippen LogP contribution in [0.4, 0.5) is 0 Å². The number of nitrogens with zero attached hydrogens (tertiary/aromatic N) is 2. The number of hydrogen-bond acceptors (Lipinski definition) is 6. The SMILES string of the molecule is COc1cc(/C=N\N2C(=O)[C@H]3[C@H](C2=O)[C@@H]2C=C[C@@H]3CC2)cc(Cl)c1OCC(=O)O. The van der Waals surface area contributed by atoms with Crippen molar-refractivity contribution in [2.75, 3.05) is 13.7 Å². The fourth-order valence-electron chi connectivity index (χ4n) is 4.38. The molecule has 29 heavy (non-hydrogen) atoms. The number of hydrazone groups is 1. The van der Waals surface area contributed by atoms with E-state index in [9.17, 15) is 14.4 Å². The number of amides is 2. The molecule has 0 unspecified atom stereocenters. The lowest BCUT2D eigenvalue weighted by atomic mass is 9.63. The minimum absolute atomic E-state index is 0.0933. The third-order valence-corrected chi connectivity index (χ3v) is 5.93. The highest BCUT2D eigenvalue weighted by molar-refractivity contribution is 6.32. The number of carboxylic acid groups (broad SMARTS) is 1. The van der Waals surface area contributed by atoms with Gasteiger partial charge in [-0.15, -0.1) is 0 Å². The van der Waals surface area contributed by atoms with E-state index in [1.54, 1.807) is 0 Å². The standard InChI is InChI=1S/C20H19ClN2O6/c1-28-14-7-10(6-13(21)18(14)29-9-15(24)25)8-22-23-19(26)16-11-2-3-12(5-4-11)17(16)20(23)27/h2-3,6-8,11-12,16-17H,4-5,9H2,1H3,(H,24,25)/b22-8-/t11-,12-,16-,17-/m1/s1. The van der Waals surface area contributed by atoms with E-state index in [-0.39, 0.29) is 52.0 Å². The fourth-order valence-corrected chi connectivity index (χ4v) is 4.66. The Bertz CT molecular complexity index is 911. The second kappa shape index (κ2) is 7.51. The van der Waals surface area contributed by atoms with Gasteiger partial charge < -0.3 is 14.6 Å². The van der Waals surface area contributed by atoms with Gasteiger partial charge in [-0.25, -0.2) is 4.79 Å². The second-order valence-corrected chi connectivity index (χ2v) is 7.70. The van der Waals surface area contributed by atoms with Crippen LogP contribution in [-0.4, -0.2) is 47.8 Å². The van der Waals surface area contributed by atoms with Crippen molar-refractivity contribution in [1.82, 2.24) is 5.01 Å². The van der Waals surface area contributed by atoms with E-state index in [1.807, 2.05) is 12.2 Å². The molecule has 0 aromatic heterocycles. The Balaban J connectivity index is 1.56. The topological polar surface area (TPSA) is 106 Å². The Morgan fingerprint density at radius 3 is 2.38 bits per heavy atom. The quantitative estimate of drug-likeness (QED) is 0.432. The predicted molar refractivity (Wildman–Crippen MR) is 103 cm³/mol. The van der Waals surface area contributed by atoms with Crippen molar-refractivity contribution in [2.45, 2.75) is 12.8 Å². The first-order chi connectivity index (χ1) is 13.9. The number of ether oxygens (including phenoxy) is 2. The lowest BCUT2D eigenvalue weighted by molar-refractivity contribution is -0.141. The summed E-state index contributed by atoms with van der Waals surface area (Å²) in [6, 6.07) is 3.03. The molecule has 9 heteroatoms. The van der Waals surface area contributed by atoms with Gasteiger partial charge in [0.2, 0.25) is 0 Å². The molecule has 4 aliphatic rings. The molecular weight excluding hydrogens is 400 g/mol. The summed E-state index contributed by atoms with van der Waals surface area (Å²) >= 11 is 6.18. The van der Waals surface area contributed by atoms with Crippen molar-refractivity contribution in [3.05, 3.63) is 34.9 Å². The zero-order chi connectivity index (χ0) is 20.7. The summed E-state index contributed by atoms with van der Waals surface area (Å²) in [6.07, 6.45) is 7.30. The van der Waals surface area contributed by atoms with E-state index in [4.69, 9.17) is 26.2 Å². The van der Waals surface area contributed by atoms with Gasteiger partial charge in [0.15, 0.2) is 18.1 Å². The summed E-state index contributed by atoms with van der Waals surface area (Å²) < 4.78 is 10.4. The number of imide groups is 1. The molecular formula is C20H19ClN2O6. The first kappa shape index (κ1) is 19.4. The van der Waals surface area contributed by atoms with Crippen LogP contribution in [-0.2, 0) is 14.4 Å². The van der Waals surface area contributed by atoms with Crippen molar-refractivity contribution in [3.63, 3.8) is 0 Å². The molecule has 8 nitrogen and oxygen atoms in total. The summed E-state index contributed by atoms with van der Waals surface area (Å²) in [4.78, 5) is 36.3.